The summed E-state index contributed by atoms with van der Waals surface area (Å²) in [4.78, 5) is 10.4. The van der Waals surface area contributed by atoms with Crippen LogP contribution in [-0.4, -0.2) is 11.4 Å². The molecule has 0 unspecified atom stereocenters. The Morgan fingerprint density at radius 1 is 1.31 bits per heavy atom. The summed E-state index contributed by atoms with van der Waals surface area (Å²) in [5.41, 5.74) is 1.47. The minimum atomic E-state index is 0.334. The van der Waals surface area contributed by atoms with Crippen LogP contribution in [0.5, 0.6) is 0 Å². The molecule has 0 bridgehead atoms. The molecule has 0 radical (unpaired) electrons. The lowest BCUT2D eigenvalue weighted by molar-refractivity contribution is 0.111. The summed E-state index contributed by atoms with van der Waals surface area (Å²) in [6, 6.07) is 9.32. The predicted molar refractivity (Wildman–Crippen MR) is 60.8 cm³/mol. The summed E-state index contributed by atoms with van der Waals surface area (Å²) in [6.45, 7) is 0. The summed E-state index contributed by atoms with van der Waals surface area (Å²) in [5, 5.41) is 4.32. The van der Waals surface area contributed by atoms with Crippen molar-refractivity contribution in [3.05, 3.63) is 52.4 Å². The van der Waals surface area contributed by atoms with E-state index in [-0.39, 0.29) is 0 Å². The molecule has 4 heteroatoms. The van der Waals surface area contributed by atoms with Crippen LogP contribution in [0.1, 0.15) is 21.8 Å². The van der Waals surface area contributed by atoms with Crippen LogP contribution in [0.25, 0.3) is 0 Å². The van der Waals surface area contributed by atoms with Crippen molar-refractivity contribution in [2.24, 2.45) is 0 Å². The van der Waals surface area contributed by atoms with Gasteiger partial charge >= 0.3 is 0 Å². The van der Waals surface area contributed by atoms with E-state index in [1.807, 2.05) is 24.3 Å². The fourth-order valence-electron chi connectivity index (χ4n) is 1.46. The Bertz CT molecular complexity index is 493. The SMILES string of the molecule is O=Cc1cc(CCc2cccc(Cl)c2)on1. The van der Waals surface area contributed by atoms with Crippen molar-refractivity contribution in [2.45, 2.75) is 12.8 Å². The lowest BCUT2D eigenvalue weighted by Crippen LogP contribution is -1.89. The quantitative estimate of drug-likeness (QED) is 0.766. The Labute approximate surface area is 98.0 Å². The van der Waals surface area contributed by atoms with Crippen LogP contribution in [0.3, 0.4) is 0 Å². The van der Waals surface area contributed by atoms with Gasteiger partial charge in [-0.1, -0.05) is 28.9 Å². The van der Waals surface area contributed by atoms with Gasteiger partial charge in [0.2, 0.25) is 0 Å². The van der Waals surface area contributed by atoms with Gasteiger partial charge in [0.15, 0.2) is 6.29 Å². The van der Waals surface area contributed by atoms with Crippen LogP contribution in [0.15, 0.2) is 34.9 Å². The fraction of sp³-hybridized carbons (Fsp3) is 0.167. The van der Waals surface area contributed by atoms with Crippen LogP contribution < -0.4 is 0 Å². The summed E-state index contributed by atoms with van der Waals surface area (Å²) >= 11 is 5.87. The minimum absolute atomic E-state index is 0.334. The molecule has 0 aliphatic heterocycles. The standard InChI is InChI=1S/C12H10ClNO2/c13-10-3-1-2-9(6-10)4-5-12-7-11(8-15)14-16-12/h1-3,6-8H,4-5H2. The van der Waals surface area contributed by atoms with E-state index in [2.05, 4.69) is 5.16 Å². The fourth-order valence-corrected chi connectivity index (χ4v) is 1.68. The van der Waals surface area contributed by atoms with Crippen molar-refractivity contribution in [1.29, 1.82) is 0 Å². The van der Waals surface area contributed by atoms with E-state index in [1.54, 1.807) is 6.07 Å². The van der Waals surface area contributed by atoms with E-state index >= 15 is 0 Å². The van der Waals surface area contributed by atoms with Crippen molar-refractivity contribution >= 4 is 17.9 Å². The topological polar surface area (TPSA) is 43.1 Å². The van der Waals surface area contributed by atoms with E-state index < -0.39 is 0 Å². The smallest absolute Gasteiger partial charge is 0.171 e. The first-order valence-electron chi connectivity index (χ1n) is 4.93. The van der Waals surface area contributed by atoms with Crippen LogP contribution >= 0.6 is 11.6 Å². The summed E-state index contributed by atoms with van der Waals surface area (Å²) < 4.78 is 4.99. The largest absolute Gasteiger partial charge is 0.361 e. The van der Waals surface area contributed by atoms with Gasteiger partial charge in [0, 0.05) is 17.5 Å². The zero-order valence-corrected chi connectivity index (χ0v) is 9.28. The molecule has 1 aromatic carbocycles. The number of benzene rings is 1. The normalized spacial score (nSPS) is 10.3. The van der Waals surface area contributed by atoms with Crippen molar-refractivity contribution in [2.75, 3.05) is 0 Å². The predicted octanol–water partition coefficient (Wildman–Crippen LogP) is 2.93. The molecule has 0 aliphatic carbocycles. The molecule has 0 saturated carbocycles. The van der Waals surface area contributed by atoms with Gasteiger partial charge in [-0.2, -0.15) is 0 Å². The Morgan fingerprint density at radius 3 is 2.88 bits per heavy atom. The Morgan fingerprint density at radius 2 is 2.19 bits per heavy atom. The number of aromatic nitrogens is 1. The minimum Gasteiger partial charge on any atom is -0.361 e. The zero-order valence-electron chi connectivity index (χ0n) is 8.52. The number of hydrogen-bond acceptors (Lipinski definition) is 3. The van der Waals surface area contributed by atoms with Crippen LogP contribution in [-0.2, 0) is 12.8 Å². The third-order valence-electron chi connectivity index (χ3n) is 2.25. The highest BCUT2D eigenvalue weighted by Gasteiger charge is 2.03. The molecular formula is C12H10ClNO2. The number of hydrogen-bond donors (Lipinski definition) is 0. The maximum absolute atomic E-state index is 10.4. The Hall–Kier alpha value is -1.61. The van der Waals surface area contributed by atoms with E-state index in [0.29, 0.717) is 24.2 Å². The highest BCUT2D eigenvalue weighted by Crippen LogP contribution is 2.13. The molecule has 0 saturated heterocycles. The van der Waals surface area contributed by atoms with Gasteiger partial charge in [0.05, 0.1) is 0 Å². The van der Waals surface area contributed by atoms with E-state index in [4.69, 9.17) is 16.1 Å². The van der Waals surface area contributed by atoms with Gasteiger partial charge < -0.3 is 4.52 Å². The highest BCUT2D eigenvalue weighted by molar-refractivity contribution is 6.30. The molecule has 1 aromatic heterocycles. The van der Waals surface area contributed by atoms with Crippen LogP contribution in [0, 0.1) is 0 Å². The molecule has 0 atom stereocenters. The van der Waals surface area contributed by atoms with Gasteiger partial charge in [-0.3, -0.25) is 4.79 Å². The number of aldehydes is 1. The first-order valence-corrected chi connectivity index (χ1v) is 5.31. The van der Waals surface area contributed by atoms with Gasteiger partial charge in [0.25, 0.3) is 0 Å². The van der Waals surface area contributed by atoms with Crippen molar-refractivity contribution in [3.63, 3.8) is 0 Å². The molecule has 0 spiro atoms. The zero-order chi connectivity index (χ0) is 11.4. The maximum Gasteiger partial charge on any atom is 0.171 e. The number of nitrogens with zero attached hydrogens (tertiary/aromatic N) is 1. The van der Waals surface area contributed by atoms with Crippen molar-refractivity contribution in [3.8, 4) is 0 Å². The second-order valence-electron chi connectivity index (χ2n) is 3.47. The van der Waals surface area contributed by atoms with E-state index in [9.17, 15) is 4.79 Å². The monoisotopic (exact) mass is 235 g/mol. The van der Waals surface area contributed by atoms with Crippen molar-refractivity contribution in [1.82, 2.24) is 5.16 Å². The van der Waals surface area contributed by atoms with Crippen LogP contribution in [0.2, 0.25) is 5.02 Å². The van der Waals surface area contributed by atoms with Crippen molar-refractivity contribution < 1.29 is 9.32 Å². The molecule has 16 heavy (non-hydrogen) atoms. The molecule has 2 aromatic rings. The molecule has 3 nitrogen and oxygen atoms in total. The first-order chi connectivity index (χ1) is 7.78. The summed E-state index contributed by atoms with van der Waals surface area (Å²) in [6.07, 6.45) is 2.20. The lowest BCUT2D eigenvalue weighted by atomic mass is 10.1. The molecule has 82 valence electrons. The third-order valence-corrected chi connectivity index (χ3v) is 2.48. The molecule has 1 heterocycles. The third kappa shape index (κ3) is 2.70. The Kier molecular flexibility index (Phi) is 3.37. The van der Waals surface area contributed by atoms with E-state index in [1.165, 1.54) is 0 Å². The molecule has 0 N–H and O–H groups in total. The van der Waals surface area contributed by atoms with Gasteiger partial charge in [-0.15, -0.1) is 0 Å². The number of halogens is 1. The van der Waals surface area contributed by atoms with Crippen LogP contribution in [0.4, 0.5) is 0 Å². The number of rotatable bonds is 4. The first kappa shape index (κ1) is 10.9. The summed E-state index contributed by atoms with van der Waals surface area (Å²) in [5.74, 6) is 0.710. The van der Waals surface area contributed by atoms with Gasteiger partial charge in [-0.05, 0) is 24.1 Å². The molecule has 0 amide bonds. The number of aryl methyl sites for hydroxylation is 2. The second kappa shape index (κ2) is 4.94. The summed E-state index contributed by atoms with van der Waals surface area (Å²) in [7, 11) is 0. The average molecular weight is 236 g/mol. The molecule has 0 fully saturated rings. The average Bonchev–Trinajstić information content (AvgIpc) is 2.74. The maximum atomic E-state index is 10.4. The number of carbonyl (C=O) groups is 1. The highest BCUT2D eigenvalue weighted by atomic mass is 35.5. The molecular weight excluding hydrogens is 226 g/mol. The van der Waals surface area contributed by atoms with E-state index in [0.717, 1.165) is 17.0 Å². The van der Waals surface area contributed by atoms with Gasteiger partial charge in [-0.25, -0.2) is 0 Å². The molecule has 0 aliphatic rings. The number of carbonyl (C=O) groups excluding carboxylic acids is 1. The lowest BCUT2D eigenvalue weighted by Gasteiger charge is -1.98. The Balaban J connectivity index is 1.99. The van der Waals surface area contributed by atoms with Gasteiger partial charge in [0.1, 0.15) is 11.5 Å². The second-order valence-corrected chi connectivity index (χ2v) is 3.90. The molecule has 2 rings (SSSR count).